The van der Waals surface area contributed by atoms with Crippen molar-refractivity contribution in [3.63, 3.8) is 0 Å². The fourth-order valence-electron chi connectivity index (χ4n) is 2.61. The molecule has 0 radical (unpaired) electrons. The highest BCUT2D eigenvalue weighted by atomic mass is 35.5. The van der Waals surface area contributed by atoms with Crippen LogP contribution in [0, 0.1) is 16.0 Å². The molecular weight excluding hydrogens is 301 g/mol. The van der Waals surface area contributed by atoms with Gasteiger partial charge in [0.15, 0.2) is 0 Å². The lowest BCUT2D eigenvalue weighted by Gasteiger charge is -2.21. The van der Waals surface area contributed by atoms with Gasteiger partial charge >= 0.3 is 0 Å². The van der Waals surface area contributed by atoms with E-state index in [1.165, 1.54) is 12.1 Å². The third-order valence-electron chi connectivity index (χ3n) is 3.74. The summed E-state index contributed by atoms with van der Waals surface area (Å²) in [5, 5.41) is 11.1. The van der Waals surface area contributed by atoms with Crippen molar-refractivity contribution in [3.8, 4) is 0 Å². The van der Waals surface area contributed by atoms with Crippen LogP contribution in [-0.2, 0) is 6.54 Å². The van der Waals surface area contributed by atoms with Crippen LogP contribution in [0.4, 0.5) is 5.69 Å². The summed E-state index contributed by atoms with van der Waals surface area (Å²) in [5.74, 6) is 0.534. The van der Waals surface area contributed by atoms with Gasteiger partial charge in [0, 0.05) is 31.3 Å². The van der Waals surface area contributed by atoms with Gasteiger partial charge in [-0.1, -0.05) is 11.6 Å². The van der Waals surface area contributed by atoms with E-state index >= 15 is 0 Å². The van der Waals surface area contributed by atoms with Crippen molar-refractivity contribution >= 4 is 29.7 Å². The molecule has 0 aliphatic carbocycles. The van der Waals surface area contributed by atoms with E-state index in [1.807, 2.05) is 0 Å². The molecule has 1 aromatic rings. The molecule has 2 N–H and O–H groups in total. The minimum atomic E-state index is -0.432. The van der Waals surface area contributed by atoms with Crippen molar-refractivity contribution in [2.75, 3.05) is 13.1 Å². The molecule has 1 aromatic carbocycles. The predicted octanol–water partition coefficient (Wildman–Crippen LogP) is 2.84. The summed E-state index contributed by atoms with van der Waals surface area (Å²) in [4.78, 5) is 12.6. The number of likely N-dealkylation sites (tertiary alicyclic amines) is 1. The second-order valence-corrected chi connectivity index (χ2v) is 5.56. The van der Waals surface area contributed by atoms with Crippen molar-refractivity contribution in [1.82, 2.24) is 4.90 Å². The van der Waals surface area contributed by atoms with Crippen LogP contribution in [0.5, 0.6) is 0 Å². The molecule has 112 valence electrons. The molecule has 1 aliphatic rings. The number of benzene rings is 1. The quantitative estimate of drug-likeness (QED) is 0.684. The van der Waals surface area contributed by atoms with Crippen LogP contribution < -0.4 is 5.73 Å². The Kier molecular flexibility index (Phi) is 6.20. The van der Waals surface area contributed by atoms with Gasteiger partial charge in [-0.3, -0.25) is 15.0 Å². The Morgan fingerprint density at radius 2 is 2.25 bits per heavy atom. The van der Waals surface area contributed by atoms with Crippen LogP contribution in [0.2, 0.25) is 5.02 Å². The molecule has 0 spiro atoms. The van der Waals surface area contributed by atoms with Gasteiger partial charge in [-0.25, -0.2) is 0 Å². The summed E-state index contributed by atoms with van der Waals surface area (Å²) in [6.45, 7) is 4.56. The van der Waals surface area contributed by atoms with E-state index in [9.17, 15) is 10.1 Å². The molecule has 5 nitrogen and oxygen atoms in total. The molecule has 2 rings (SSSR count). The summed E-state index contributed by atoms with van der Waals surface area (Å²) in [6.07, 6.45) is 1.10. The van der Waals surface area contributed by atoms with Crippen molar-refractivity contribution in [3.05, 3.63) is 38.9 Å². The Labute approximate surface area is 129 Å². The first-order valence-corrected chi connectivity index (χ1v) is 6.76. The number of nitro benzene ring substituents is 1. The molecule has 1 saturated heterocycles. The Bertz CT molecular complexity index is 485. The molecule has 0 amide bonds. The van der Waals surface area contributed by atoms with Gasteiger partial charge in [-0.15, -0.1) is 12.4 Å². The molecule has 0 bridgehead atoms. The summed E-state index contributed by atoms with van der Waals surface area (Å²) < 4.78 is 0. The molecule has 0 aromatic heterocycles. The van der Waals surface area contributed by atoms with Crippen LogP contribution in [0.1, 0.15) is 18.9 Å². The van der Waals surface area contributed by atoms with Crippen molar-refractivity contribution in [2.45, 2.75) is 25.9 Å². The van der Waals surface area contributed by atoms with E-state index in [0.29, 0.717) is 30.1 Å². The van der Waals surface area contributed by atoms with E-state index in [1.54, 1.807) is 6.07 Å². The second-order valence-electron chi connectivity index (χ2n) is 5.15. The zero-order chi connectivity index (χ0) is 14.0. The number of nitrogens with two attached hydrogens (primary N) is 1. The van der Waals surface area contributed by atoms with Gasteiger partial charge in [0.2, 0.25) is 0 Å². The normalized spacial score (nSPS) is 22.6. The van der Waals surface area contributed by atoms with Crippen LogP contribution in [-0.4, -0.2) is 29.0 Å². The van der Waals surface area contributed by atoms with Crippen molar-refractivity contribution < 1.29 is 4.92 Å². The van der Waals surface area contributed by atoms with Crippen LogP contribution in [0.3, 0.4) is 0 Å². The van der Waals surface area contributed by atoms with E-state index in [4.69, 9.17) is 17.3 Å². The van der Waals surface area contributed by atoms with Crippen LogP contribution >= 0.6 is 24.0 Å². The van der Waals surface area contributed by atoms with Gasteiger partial charge in [0.05, 0.1) is 9.95 Å². The van der Waals surface area contributed by atoms with Crippen LogP contribution in [0.25, 0.3) is 0 Å². The number of nitrogens with zero attached hydrogens (tertiary/aromatic N) is 2. The maximum atomic E-state index is 10.7. The lowest BCUT2D eigenvalue weighted by atomic mass is 10.1. The summed E-state index contributed by atoms with van der Waals surface area (Å²) in [5.41, 5.74) is 6.67. The third-order valence-corrected chi connectivity index (χ3v) is 4.10. The summed E-state index contributed by atoms with van der Waals surface area (Å²) in [6, 6.07) is 5.13. The first-order chi connectivity index (χ1) is 9.01. The number of non-ortho nitro benzene ring substituents is 1. The number of hydrogen-bond donors (Lipinski definition) is 1. The van der Waals surface area contributed by atoms with Gasteiger partial charge in [-0.2, -0.15) is 0 Å². The minimum Gasteiger partial charge on any atom is -0.330 e. The highest BCUT2D eigenvalue weighted by Gasteiger charge is 2.28. The molecule has 2 atom stereocenters. The van der Waals surface area contributed by atoms with Gasteiger partial charge < -0.3 is 5.73 Å². The lowest BCUT2D eigenvalue weighted by Crippen LogP contribution is -2.27. The molecule has 2 unspecified atom stereocenters. The number of rotatable bonds is 4. The fraction of sp³-hybridized carbons (Fsp3) is 0.538. The number of nitro groups is 1. The third kappa shape index (κ3) is 3.82. The first-order valence-electron chi connectivity index (χ1n) is 6.38. The predicted molar refractivity (Wildman–Crippen MR) is 82.4 cm³/mol. The van der Waals surface area contributed by atoms with Crippen molar-refractivity contribution in [1.29, 1.82) is 0 Å². The molecule has 7 heteroatoms. The second kappa shape index (κ2) is 7.22. The van der Waals surface area contributed by atoms with Gasteiger partial charge in [0.25, 0.3) is 5.69 Å². The average Bonchev–Trinajstić information content (AvgIpc) is 2.72. The summed E-state index contributed by atoms with van der Waals surface area (Å²) >= 11 is 6.11. The highest BCUT2D eigenvalue weighted by Crippen LogP contribution is 2.28. The molecule has 1 aliphatic heterocycles. The standard InChI is InChI=1S/C13H18ClN3O2.ClH/c1-9-4-10(6-15)7-16(9)8-11-2-3-12(17(18)19)5-13(11)14;/h2-3,5,9-10H,4,6-8,15H2,1H3;1H. The molecule has 1 fully saturated rings. The number of hydrogen-bond acceptors (Lipinski definition) is 4. The van der Waals surface area contributed by atoms with Gasteiger partial charge in [0.1, 0.15) is 0 Å². The minimum absolute atomic E-state index is 0. The van der Waals surface area contributed by atoms with Crippen molar-refractivity contribution in [2.24, 2.45) is 11.7 Å². The van der Waals surface area contributed by atoms with E-state index in [0.717, 1.165) is 18.5 Å². The number of halogens is 2. The summed E-state index contributed by atoms with van der Waals surface area (Å²) in [7, 11) is 0. The van der Waals surface area contributed by atoms with E-state index in [-0.39, 0.29) is 18.1 Å². The first kappa shape index (κ1) is 17.2. The molecule has 0 saturated carbocycles. The Morgan fingerprint density at radius 1 is 1.55 bits per heavy atom. The average molecular weight is 320 g/mol. The van der Waals surface area contributed by atoms with E-state index in [2.05, 4.69) is 11.8 Å². The monoisotopic (exact) mass is 319 g/mol. The van der Waals surface area contributed by atoms with Crippen LogP contribution in [0.15, 0.2) is 18.2 Å². The smallest absolute Gasteiger partial charge is 0.270 e. The zero-order valence-corrected chi connectivity index (χ0v) is 12.9. The highest BCUT2D eigenvalue weighted by molar-refractivity contribution is 6.31. The van der Waals surface area contributed by atoms with Gasteiger partial charge in [-0.05, 0) is 37.4 Å². The molecular formula is C13H19Cl2N3O2. The van der Waals surface area contributed by atoms with E-state index < -0.39 is 4.92 Å². The Balaban J connectivity index is 0.00000200. The topological polar surface area (TPSA) is 72.4 Å². The maximum Gasteiger partial charge on any atom is 0.270 e. The molecule has 1 heterocycles. The zero-order valence-electron chi connectivity index (χ0n) is 11.3. The SMILES string of the molecule is CC1CC(CN)CN1Cc1ccc([N+](=O)[O-])cc1Cl.Cl. The molecule has 20 heavy (non-hydrogen) atoms. The Hall–Kier alpha value is -0.880. The Morgan fingerprint density at radius 3 is 2.75 bits per heavy atom. The lowest BCUT2D eigenvalue weighted by molar-refractivity contribution is -0.384. The largest absolute Gasteiger partial charge is 0.330 e. The fourth-order valence-corrected chi connectivity index (χ4v) is 2.84. The maximum absolute atomic E-state index is 10.7.